The summed E-state index contributed by atoms with van der Waals surface area (Å²) in [7, 11) is 0. The van der Waals surface area contributed by atoms with Gasteiger partial charge < -0.3 is 14.6 Å². The van der Waals surface area contributed by atoms with E-state index < -0.39 is 18.0 Å². The van der Waals surface area contributed by atoms with Gasteiger partial charge in [-0.15, -0.1) is 0 Å². The largest absolute Gasteiger partial charge is 0.462 e. The van der Waals surface area contributed by atoms with E-state index in [0.717, 1.165) is 34.4 Å². The van der Waals surface area contributed by atoms with Gasteiger partial charge in [-0.1, -0.05) is 107 Å². The summed E-state index contributed by atoms with van der Waals surface area (Å²) in [6, 6.07) is 17.2. The fraction of sp³-hybridized carbons (Fsp3) is 0.561. The van der Waals surface area contributed by atoms with Crippen LogP contribution in [-0.4, -0.2) is 36.4 Å². The van der Waals surface area contributed by atoms with Crippen molar-refractivity contribution in [3.63, 3.8) is 0 Å². The van der Waals surface area contributed by atoms with Gasteiger partial charge in [0.2, 0.25) is 0 Å². The minimum atomic E-state index is -0.998. The molecule has 0 aromatic heterocycles. The van der Waals surface area contributed by atoms with Gasteiger partial charge in [0.15, 0.2) is 0 Å². The predicted octanol–water partition coefficient (Wildman–Crippen LogP) is 9.70. The molecule has 0 aliphatic heterocycles. The van der Waals surface area contributed by atoms with Gasteiger partial charge in [0.1, 0.15) is 13.2 Å². The number of aliphatic hydroxyl groups is 1. The molecular formula is C41H56O5. The molecule has 2 unspecified atom stereocenters. The van der Waals surface area contributed by atoms with Crippen LogP contribution in [0.3, 0.4) is 0 Å². The lowest BCUT2D eigenvalue weighted by Crippen LogP contribution is -2.25. The van der Waals surface area contributed by atoms with E-state index in [1.54, 1.807) is 6.92 Å². The summed E-state index contributed by atoms with van der Waals surface area (Å²) < 4.78 is 10.8. The smallest absolute Gasteiger partial charge is 0.336 e. The molecule has 0 amide bonds. The van der Waals surface area contributed by atoms with Gasteiger partial charge in [-0.05, 0) is 98.3 Å². The molecule has 0 radical (unpaired) electrons. The highest BCUT2D eigenvalue weighted by Crippen LogP contribution is 2.44. The van der Waals surface area contributed by atoms with Crippen molar-refractivity contribution in [3.05, 3.63) is 84.0 Å². The third kappa shape index (κ3) is 10.2. The van der Waals surface area contributed by atoms with Crippen LogP contribution >= 0.6 is 0 Å². The maximum atomic E-state index is 12.3. The average Bonchev–Trinajstić information content (AvgIpc) is 3.08. The number of carbonyl (C=O) groups is 2. The first kappa shape index (κ1) is 35.7. The Morgan fingerprint density at radius 3 is 1.83 bits per heavy atom. The van der Waals surface area contributed by atoms with E-state index in [4.69, 9.17) is 9.47 Å². The second-order valence-electron chi connectivity index (χ2n) is 14.0. The van der Waals surface area contributed by atoms with E-state index in [2.05, 4.69) is 56.5 Å². The number of rotatable bonds is 15. The monoisotopic (exact) mass is 628 g/mol. The summed E-state index contributed by atoms with van der Waals surface area (Å²) in [5, 5.41) is 9.65. The Kier molecular flexibility index (Phi) is 13.7. The Balaban J connectivity index is 1.31. The number of unbranched alkanes of at least 4 members (excludes halogenated alkanes) is 2. The molecule has 46 heavy (non-hydrogen) atoms. The van der Waals surface area contributed by atoms with Crippen LogP contribution in [0.25, 0.3) is 11.1 Å². The molecule has 250 valence electrons. The van der Waals surface area contributed by atoms with E-state index in [1.807, 2.05) is 12.1 Å². The van der Waals surface area contributed by atoms with E-state index in [-0.39, 0.29) is 24.7 Å². The average molecular weight is 629 g/mol. The van der Waals surface area contributed by atoms with Crippen LogP contribution in [0.4, 0.5) is 0 Å². The van der Waals surface area contributed by atoms with Gasteiger partial charge in [-0.2, -0.15) is 0 Å². The first-order valence-corrected chi connectivity index (χ1v) is 17.7. The number of aliphatic hydroxyl groups excluding tert-OH is 1. The van der Waals surface area contributed by atoms with E-state index in [0.29, 0.717) is 11.5 Å². The first-order chi connectivity index (χ1) is 22.2. The molecule has 0 spiro atoms. The lowest BCUT2D eigenvalue weighted by Gasteiger charge is -2.38. The zero-order chi connectivity index (χ0) is 33.1. The Morgan fingerprint density at radius 2 is 1.30 bits per heavy atom. The predicted molar refractivity (Wildman–Crippen MR) is 186 cm³/mol. The van der Waals surface area contributed by atoms with Crippen molar-refractivity contribution in [1.82, 2.24) is 0 Å². The van der Waals surface area contributed by atoms with E-state index in [1.165, 1.54) is 89.5 Å². The molecule has 0 heterocycles. The zero-order valence-electron chi connectivity index (χ0n) is 28.5. The van der Waals surface area contributed by atoms with Gasteiger partial charge in [0.25, 0.3) is 0 Å². The number of benzene rings is 2. The molecule has 1 N–H and O–H groups in total. The second kappa shape index (κ2) is 17.7. The highest BCUT2D eigenvalue weighted by atomic mass is 16.5. The van der Waals surface area contributed by atoms with Gasteiger partial charge in [-0.3, -0.25) is 0 Å². The maximum absolute atomic E-state index is 12.3. The van der Waals surface area contributed by atoms with E-state index >= 15 is 0 Å². The molecule has 2 saturated carbocycles. The zero-order valence-corrected chi connectivity index (χ0v) is 28.5. The molecular weight excluding hydrogens is 572 g/mol. The van der Waals surface area contributed by atoms with Crippen molar-refractivity contribution in [2.45, 2.75) is 116 Å². The summed E-state index contributed by atoms with van der Waals surface area (Å²) in [6.07, 6.45) is 15.9. The Bertz CT molecular complexity index is 1280. The van der Waals surface area contributed by atoms with Crippen LogP contribution in [0, 0.1) is 17.8 Å². The maximum Gasteiger partial charge on any atom is 0.336 e. The van der Waals surface area contributed by atoms with Gasteiger partial charge in [0, 0.05) is 5.57 Å². The van der Waals surface area contributed by atoms with Crippen LogP contribution in [0.2, 0.25) is 0 Å². The summed E-state index contributed by atoms with van der Waals surface area (Å²) in [5.41, 5.74) is 4.89. The number of hydrogen-bond acceptors (Lipinski definition) is 5. The topological polar surface area (TPSA) is 72.8 Å². The van der Waals surface area contributed by atoms with Crippen molar-refractivity contribution in [2.75, 3.05) is 13.2 Å². The highest BCUT2D eigenvalue weighted by molar-refractivity contribution is 5.88. The molecule has 2 fully saturated rings. The quantitative estimate of drug-likeness (QED) is 0.121. The first-order valence-electron chi connectivity index (χ1n) is 17.7. The second-order valence-corrected chi connectivity index (χ2v) is 14.0. The summed E-state index contributed by atoms with van der Waals surface area (Å²) in [6.45, 7) is 12.6. The lowest BCUT2D eigenvalue weighted by molar-refractivity contribution is -0.143. The summed E-state index contributed by atoms with van der Waals surface area (Å²) >= 11 is 0. The van der Waals surface area contributed by atoms with Crippen molar-refractivity contribution < 1.29 is 24.2 Å². The molecule has 2 atom stereocenters. The van der Waals surface area contributed by atoms with Crippen molar-refractivity contribution in [1.29, 1.82) is 0 Å². The third-order valence-corrected chi connectivity index (χ3v) is 10.6. The molecule has 5 nitrogen and oxygen atoms in total. The number of ether oxygens (including phenoxy) is 2. The minimum absolute atomic E-state index is 0.00928. The van der Waals surface area contributed by atoms with Gasteiger partial charge >= 0.3 is 11.9 Å². The van der Waals surface area contributed by atoms with Crippen LogP contribution in [0.5, 0.6) is 0 Å². The van der Waals surface area contributed by atoms with E-state index in [9.17, 15) is 14.7 Å². The van der Waals surface area contributed by atoms with Crippen molar-refractivity contribution >= 4 is 11.9 Å². The Morgan fingerprint density at radius 1 is 0.783 bits per heavy atom. The van der Waals surface area contributed by atoms with Crippen LogP contribution < -0.4 is 0 Å². The molecule has 2 aromatic rings. The molecule has 5 heteroatoms. The Labute approximate surface area is 277 Å². The fourth-order valence-corrected chi connectivity index (χ4v) is 7.43. The normalized spacial score (nSPS) is 22.8. The van der Waals surface area contributed by atoms with Crippen LogP contribution in [0.1, 0.15) is 121 Å². The minimum Gasteiger partial charge on any atom is -0.462 e. The summed E-state index contributed by atoms with van der Waals surface area (Å²) in [5.74, 6) is 2.01. The molecule has 4 rings (SSSR count). The molecule has 2 aromatic carbocycles. The van der Waals surface area contributed by atoms with Gasteiger partial charge in [-0.25, -0.2) is 9.59 Å². The van der Waals surface area contributed by atoms with Crippen molar-refractivity contribution in [3.8, 4) is 11.1 Å². The molecule has 0 saturated heterocycles. The Hall–Kier alpha value is -3.18. The molecule has 2 aliphatic carbocycles. The van der Waals surface area contributed by atoms with Gasteiger partial charge in [0.05, 0.1) is 17.6 Å². The number of hydrogen-bond donors (Lipinski definition) is 1. The standard InChI is InChI=1S/C41H56O5/c1-6-7-8-9-31-10-12-32(13-11-31)33-14-16-34(17-15-33)35-18-20-36(21-19-35)37-22-24-38(25-23-37)39(26-45-40(43)28(2)3)27-46-41(44)29(4)30(5)42/h18-25,30-34,39,42H,2,4,6-17,26-27H2,1,3,5H3. The lowest BCUT2D eigenvalue weighted by atomic mass is 9.68. The number of esters is 2. The SMILES string of the molecule is C=C(C)C(=O)OCC(COC(=O)C(=C)C(C)O)c1ccc(-c2ccc(C3CCC(C4CCC(CCCCC)CC4)CC3)cc2)cc1. The summed E-state index contributed by atoms with van der Waals surface area (Å²) in [4.78, 5) is 24.3. The number of carbonyl (C=O) groups excluding carboxylic acids is 2. The highest BCUT2D eigenvalue weighted by Gasteiger charge is 2.31. The molecule has 2 aliphatic rings. The van der Waals surface area contributed by atoms with Crippen LogP contribution in [-0.2, 0) is 19.1 Å². The van der Waals surface area contributed by atoms with Crippen molar-refractivity contribution in [2.24, 2.45) is 17.8 Å². The third-order valence-electron chi connectivity index (χ3n) is 10.6. The fourth-order valence-electron chi connectivity index (χ4n) is 7.43. The molecule has 0 bridgehead atoms. The van der Waals surface area contributed by atoms with Crippen LogP contribution in [0.15, 0.2) is 72.8 Å².